The van der Waals surface area contributed by atoms with Crippen molar-refractivity contribution in [1.82, 2.24) is 0 Å². The molecule has 1 aliphatic carbocycles. The first-order chi connectivity index (χ1) is 5.68. The van der Waals surface area contributed by atoms with Crippen LogP contribution in [-0.4, -0.2) is 0 Å². The Morgan fingerprint density at radius 2 is 2.33 bits per heavy atom. The summed E-state index contributed by atoms with van der Waals surface area (Å²) >= 11 is 0. The first-order valence-electron chi connectivity index (χ1n) is 4.37. The van der Waals surface area contributed by atoms with Crippen LogP contribution in [0.5, 0.6) is 0 Å². The van der Waals surface area contributed by atoms with Crippen molar-refractivity contribution in [2.24, 2.45) is 0 Å². The van der Waals surface area contributed by atoms with Crippen LogP contribution in [0.4, 0.5) is 0 Å². The summed E-state index contributed by atoms with van der Waals surface area (Å²) in [6, 6.07) is 0. The first-order valence-corrected chi connectivity index (χ1v) is 4.37. The van der Waals surface area contributed by atoms with Crippen LogP contribution in [0.3, 0.4) is 0 Å². The summed E-state index contributed by atoms with van der Waals surface area (Å²) in [4.78, 5) is 0. The average Bonchev–Trinajstić information content (AvgIpc) is 2.01. The van der Waals surface area contributed by atoms with Crippen LogP contribution in [-0.2, 0) is 0 Å². The van der Waals surface area contributed by atoms with E-state index in [0.29, 0.717) is 0 Å². The van der Waals surface area contributed by atoms with E-state index in [1.807, 2.05) is 0 Å². The Bertz CT molecular complexity index is 251. The Labute approximate surface area is 75.0 Å². The van der Waals surface area contributed by atoms with Crippen molar-refractivity contribution in [3.05, 3.63) is 48.1 Å². The number of allylic oxidation sites excluding steroid dienone is 6. The number of hydrogen-bond donors (Lipinski definition) is 0. The van der Waals surface area contributed by atoms with Crippen LogP contribution in [0, 0.1) is 0 Å². The molecule has 0 radical (unpaired) electrons. The summed E-state index contributed by atoms with van der Waals surface area (Å²) < 4.78 is 0. The van der Waals surface area contributed by atoms with Crippen molar-refractivity contribution in [3.8, 4) is 0 Å². The average molecular weight is 160 g/mol. The fourth-order valence-electron chi connectivity index (χ4n) is 1.28. The van der Waals surface area contributed by atoms with E-state index in [-0.39, 0.29) is 0 Å². The third-order valence-corrected chi connectivity index (χ3v) is 1.99. The van der Waals surface area contributed by atoms with Gasteiger partial charge in [0.15, 0.2) is 0 Å². The second-order valence-electron chi connectivity index (χ2n) is 3.48. The molecule has 1 aliphatic rings. The second kappa shape index (κ2) is 4.10. The van der Waals surface area contributed by atoms with Gasteiger partial charge >= 0.3 is 0 Å². The highest BCUT2D eigenvalue weighted by atomic mass is 14.1. The molecule has 0 bridgehead atoms. The van der Waals surface area contributed by atoms with Crippen molar-refractivity contribution in [3.63, 3.8) is 0 Å². The highest BCUT2D eigenvalue weighted by Crippen LogP contribution is 2.21. The van der Waals surface area contributed by atoms with Gasteiger partial charge in [0, 0.05) is 0 Å². The molecule has 0 aromatic carbocycles. The van der Waals surface area contributed by atoms with Gasteiger partial charge in [-0.25, -0.2) is 0 Å². The molecule has 0 amide bonds. The lowest BCUT2D eigenvalue weighted by atomic mass is 9.96. The quantitative estimate of drug-likeness (QED) is 0.551. The van der Waals surface area contributed by atoms with Crippen molar-refractivity contribution < 1.29 is 0 Å². The van der Waals surface area contributed by atoms with Crippen LogP contribution in [0.2, 0.25) is 0 Å². The minimum atomic E-state index is 1.05. The van der Waals surface area contributed by atoms with Gasteiger partial charge in [-0.2, -0.15) is 0 Å². The zero-order valence-electron chi connectivity index (χ0n) is 7.77. The second-order valence-corrected chi connectivity index (χ2v) is 3.48. The molecule has 1 rings (SSSR count). The van der Waals surface area contributed by atoms with Gasteiger partial charge in [0.05, 0.1) is 0 Å². The minimum Gasteiger partial charge on any atom is -0.100 e. The molecule has 0 saturated carbocycles. The normalized spacial score (nSPS) is 16.1. The highest BCUT2D eigenvalue weighted by molar-refractivity contribution is 5.32. The molecule has 0 saturated heterocycles. The summed E-state index contributed by atoms with van der Waals surface area (Å²) in [5.74, 6) is 0. The lowest BCUT2D eigenvalue weighted by Gasteiger charge is -2.10. The van der Waals surface area contributed by atoms with Crippen molar-refractivity contribution in [2.75, 3.05) is 0 Å². The molecule has 0 fully saturated rings. The standard InChI is InChI=1S/C12H16/c1-10(2)7-8-12-6-4-5-11(3)9-12/h4-6H,1,3,7-9H2,2H3. The lowest BCUT2D eigenvalue weighted by Crippen LogP contribution is -1.90. The van der Waals surface area contributed by atoms with E-state index >= 15 is 0 Å². The molecule has 0 unspecified atom stereocenters. The van der Waals surface area contributed by atoms with Gasteiger partial charge in [0.2, 0.25) is 0 Å². The largest absolute Gasteiger partial charge is 0.100 e. The van der Waals surface area contributed by atoms with Gasteiger partial charge in [-0.1, -0.05) is 41.5 Å². The highest BCUT2D eigenvalue weighted by Gasteiger charge is 2.01. The fraction of sp³-hybridized carbons (Fsp3) is 0.333. The van der Waals surface area contributed by atoms with Gasteiger partial charge in [0.1, 0.15) is 0 Å². The molecule has 12 heavy (non-hydrogen) atoms. The van der Waals surface area contributed by atoms with E-state index in [9.17, 15) is 0 Å². The number of hydrogen-bond acceptors (Lipinski definition) is 0. The van der Waals surface area contributed by atoms with Gasteiger partial charge in [-0.15, -0.1) is 6.58 Å². The van der Waals surface area contributed by atoms with E-state index in [1.165, 1.54) is 16.7 Å². The predicted octanol–water partition coefficient (Wildman–Crippen LogP) is 3.79. The Kier molecular flexibility index (Phi) is 3.09. The maximum atomic E-state index is 3.94. The molecule has 0 heteroatoms. The van der Waals surface area contributed by atoms with Crippen LogP contribution in [0.1, 0.15) is 26.2 Å². The zero-order valence-corrected chi connectivity index (χ0v) is 7.77. The summed E-state index contributed by atoms with van der Waals surface area (Å²) in [5, 5.41) is 0. The monoisotopic (exact) mass is 160 g/mol. The molecular weight excluding hydrogens is 144 g/mol. The van der Waals surface area contributed by atoms with E-state index < -0.39 is 0 Å². The van der Waals surface area contributed by atoms with Crippen molar-refractivity contribution in [2.45, 2.75) is 26.2 Å². The molecular formula is C12H16. The molecule has 0 atom stereocenters. The molecule has 0 aromatic rings. The van der Waals surface area contributed by atoms with E-state index in [1.54, 1.807) is 0 Å². The van der Waals surface area contributed by atoms with Crippen molar-refractivity contribution in [1.29, 1.82) is 0 Å². The SMILES string of the molecule is C=C(C)CCC1=CC=CC(=C)C1. The van der Waals surface area contributed by atoms with Gasteiger partial charge in [0.25, 0.3) is 0 Å². The third-order valence-electron chi connectivity index (χ3n) is 1.99. The summed E-state index contributed by atoms with van der Waals surface area (Å²) in [7, 11) is 0. The van der Waals surface area contributed by atoms with Crippen molar-refractivity contribution >= 4 is 0 Å². The summed E-state index contributed by atoms with van der Waals surface area (Å²) in [5.41, 5.74) is 3.95. The maximum absolute atomic E-state index is 3.94. The third kappa shape index (κ3) is 2.91. The van der Waals surface area contributed by atoms with Gasteiger partial charge < -0.3 is 0 Å². The lowest BCUT2D eigenvalue weighted by molar-refractivity contribution is 0.888. The van der Waals surface area contributed by atoms with E-state index in [2.05, 4.69) is 38.3 Å². The maximum Gasteiger partial charge on any atom is -0.00697 e. The molecule has 0 N–H and O–H groups in total. The smallest absolute Gasteiger partial charge is 0.00697 e. The van der Waals surface area contributed by atoms with E-state index in [4.69, 9.17) is 0 Å². The first kappa shape index (κ1) is 9.05. The van der Waals surface area contributed by atoms with Gasteiger partial charge in [-0.3, -0.25) is 0 Å². The minimum absolute atomic E-state index is 1.05. The Morgan fingerprint density at radius 1 is 1.58 bits per heavy atom. The molecule has 0 nitrogen and oxygen atoms in total. The molecule has 0 heterocycles. The van der Waals surface area contributed by atoms with E-state index in [0.717, 1.165) is 19.3 Å². The Hall–Kier alpha value is -1.04. The Morgan fingerprint density at radius 3 is 2.92 bits per heavy atom. The summed E-state index contributed by atoms with van der Waals surface area (Å²) in [6.07, 6.45) is 9.64. The van der Waals surface area contributed by atoms with Crippen LogP contribution in [0.15, 0.2) is 48.1 Å². The van der Waals surface area contributed by atoms with Crippen LogP contribution in [0.25, 0.3) is 0 Å². The molecule has 0 aliphatic heterocycles. The van der Waals surface area contributed by atoms with Crippen LogP contribution < -0.4 is 0 Å². The fourth-order valence-corrected chi connectivity index (χ4v) is 1.28. The molecule has 64 valence electrons. The molecule has 0 aromatic heterocycles. The summed E-state index contributed by atoms with van der Waals surface area (Å²) in [6.45, 7) is 9.91. The topological polar surface area (TPSA) is 0 Å². The predicted molar refractivity (Wildman–Crippen MR) is 55.0 cm³/mol. The molecule has 0 spiro atoms. The Balaban J connectivity index is 2.43. The zero-order chi connectivity index (χ0) is 8.97. The van der Waals surface area contributed by atoms with Crippen LogP contribution >= 0.6 is 0 Å². The van der Waals surface area contributed by atoms with Gasteiger partial charge in [-0.05, 0) is 26.2 Å². The number of rotatable bonds is 3.